The van der Waals surface area contributed by atoms with Crippen LogP contribution in [0.2, 0.25) is 0 Å². The maximum atomic E-state index is 12.9. The number of ether oxygens (including phenoxy) is 1. The van der Waals surface area contributed by atoms with E-state index in [2.05, 4.69) is 5.32 Å². The summed E-state index contributed by atoms with van der Waals surface area (Å²) in [5, 5.41) is 2.97. The first-order valence-electron chi connectivity index (χ1n) is 9.89. The van der Waals surface area contributed by atoms with E-state index >= 15 is 0 Å². The van der Waals surface area contributed by atoms with Crippen molar-refractivity contribution in [2.75, 3.05) is 18.4 Å². The Kier molecular flexibility index (Phi) is 5.03. The number of hydrogen-bond acceptors (Lipinski definition) is 4. The molecule has 1 amide bonds. The van der Waals surface area contributed by atoms with Gasteiger partial charge in [0.1, 0.15) is 0 Å². The van der Waals surface area contributed by atoms with Gasteiger partial charge in [-0.2, -0.15) is 4.31 Å². The topological polar surface area (TPSA) is 75.7 Å². The van der Waals surface area contributed by atoms with E-state index in [9.17, 15) is 13.2 Å². The van der Waals surface area contributed by atoms with Gasteiger partial charge in [-0.1, -0.05) is 6.42 Å². The predicted molar refractivity (Wildman–Crippen MR) is 103 cm³/mol. The molecule has 2 aliphatic carbocycles. The minimum absolute atomic E-state index is 0.0774. The number of carbonyl (C=O) groups is 1. The first-order chi connectivity index (χ1) is 12.8. The molecule has 0 spiro atoms. The Labute approximate surface area is 161 Å². The third-order valence-electron chi connectivity index (χ3n) is 6.22. The van der Waals surface area contributed by atoms with E-state index in [0.29, 0.717) is 24.7 Å². The van der Waals surface area contributed by atoms with Crippen LogP contribution in [0.4, 0.5) is 5.69 Å². The van der Waals surface area contributed by atoms with Crippen LogP contribution in [0.15, 0.2) is 29.2 Å². The van der Waals surface area contributed by atoms with Crippen molar-refractivity contribution in [3.63, 3.8) is 0 Å². The summed E-state index contributed by atoms with van der Waals surface area (Å²) < 4.78 is 32.9. The number of fused-ring (bicyclic) bond motifs is 2. The molecule has 6 nitrogen and oxygen atoms in total. The number of rotatable bonds is 4. The van der Waals surface area contributed by atoms with E-state index < -0.39 is 10.0 Å². The molecule has 1 heterocycles. The van der Waals surface area contributed by atoms with Gasteiger partial charge in [0.05, 0.1) is 17.1 Å². The highest BCUT2D eigenvalue weighted by Gasteiger charge is 2.43. The van der Waals surface area contributed by atoms with Crippen LogP contribution in [0.25, 0.3) is 0 Å². The van der Waals surface area contributed by atoms with E-state index in [-0.39, 0.29) is 28.9 Å². The van der Waals surface area contributed by atoms with Crippen LogP contribution in [0.3, 0.4) is 0 Å². The van der Waals surface area contributed by atoms with E-state index in [1.807, 2.05) is 13.8 Å². The van der Waals surface area contributed by atoms with Crippen molar-refractivity contribution in [3.05, 3.63) is 24.3 Å². The maximum absolute atomic E-state index is 12.9. The number of hydrogen-bond donors (Lipinski definition) is 1. The maximum Gasteiger partial charge on any atom is 0.243 e. The lowest BCUT2D eigenvalue weighted by molar-refractivity contribution is -0.121. The second-order valence-corrected chi connectivity index (χ2v) is 10.3. The molecule has 1 saturated heterocycles. The highest BCUT2D eigenvalue weighted by atomic mass is 32.2. The fourth-order valence-corrected chi connectivity index (χ4v) is 6.58. The summed E-state index contributed by atoms with van der Waals surface area (Å²) in [7, 11) is -3.56. The third kappa shape index (κ3) is 3.77. The molecule has 7 heteroatoms. The molecular formula is C20H28N2O4S. The molecule has 1 aromatic carbocycles. The number of morpholine rings is 1. The van der Waals surface area contributed by atoms with Gasteiger partial charge < -0.3 is 10.1 Å². The smallest absolute Gasteiger partial charge is 0.243 e. The van der Waals surface area contributed by atoms with Crippen molar-refractivity contribution >= 4 is 21.6 Å². The molecule has 2 bridgehead atoms. The summed E-state index contributed by atoms with van der Waals surface area (Å²) in [6.45, 7) is 4.48. The van der Waals surface area contributed by atoms with Crippen LogP contribution in [0.1, 0.15) is 39.5 Å². The van der Waals surface area contributed by atoms with Gasteiger partial charge in [0.15, 0.2) is 0 Å². The number of sulfonamides is 1. The molecule has 1 aliphatic heterocycles. The Morgan fingerprint density at radius 3 is 2.30 bits per heavy atom. The fraction of sp³-hybridized carbons (Fsp3) is 0.650. The highest BCUT2D eigenvalue weighted by molar-refractivity contribution is 7.89. The van der Waals surface area contributed by atoms with Crippen molar-refractivity contribution in [1.29, 1.82) is 0 Å². The fourth-order valence-electron chi connectivity index (χ4n) is 4.99. The number of carbonyl (C=O) groups excluding carboxylic acids is 1. The molecule has 0 unspecified atom stereocenters. The Bertz CT molecular complexity index is 798. The number of benzene rings is 1. The Morgan fingerprint density at radius 2 is 1.74 bits per heavy atom. The third-order valence-corrected chi connectivity index (χ3v) is 8.07. The molecular weight excluding hydrogens is 364 g/mol. The SMILES string of the molecule is C[C@@H]1CN(S(=O)(=O)c2ccc(NC(=O)[C@@H]3C[C@H]4CC[C@H]3C4)cc2)C[C@H](C)O1. The second kappa shape index (κ2) is 7.18. The molecule has 3 aliphatic rings. The Hall–Kier alpha value is -1.44. The molecule has 3 fully saturated rings. The Morgan fingerprint density at radius 1 is 1.07 bits per heavy atom. The van der Waals surface area contributed by atoms with Gasteiger partial charge in [0, 0.05) is 24.7 Å². The van der Waals surface area contributed by atoms with Gasteiger partial charge in [-0.3, -0.25) is 4.79 Å². The van der Waals surface area contributed by atoms with Gasteiger partial charge in [-0.15, -0.1) is 0 Å². The summed E-state index contributed by atoms with van der Waals surface area (Å²) in [5.41, 5.74) is 0.658. The van der Waals surface area contributed by atoms with E-state index in [1.54, 1.807) is 24.3 Å². The monoisotopic (exact) mass is 392 g/mol. The minimum Gasteiger partial charge on any atom is -0.373 e. The normalized spacial score (nSPS) is 33.9. The lowest BCUT2D eigenvalue weighted by atomic mass is 9.88. The van der Waals surface area contributed by atoms with Gasteiger partial charge in [0.2, 0.25) is 15.9 Å². The zero-order chi connectivity index (χ0) is 19.2. The van der Waals surface area contributed by atoms with Crippen molar-refractivity contribution in [1.82, 2.24) is 4.31 Å². The van der Waals surface area contributed by atoms with Crippen molar-refractivity contribution in [2.24, 2.45) is 17.8 Å². The van der Waals surface area contributed by atoms with E-state index in [4.69, 9.17) is 4.74 Å². The summed E-state index contributed by atoms with van der Waals surface area (Å²) >= 11 is 0. The van der Waals surface area contributed by atoms with Gasteiger partial charge in [-0.05, 0) is 69.2 Å². The number of anilines is 1. The van der Waals surface area contributed by atoms with E-state index in [1.165, 1.54) is 17.1 Å². The number of nitrogens with one attached hydrogen (secondary N) is 1. The average molecular weight is 393 g/mol. The largest absolute Gasteiger partial charge is 0.373 e. The van der Waals surface area contributed by atoms with Crippen LogP contribution in [-0.4, -0.2) is 43.9 Å². The summed E-state index contributed by atoms with van der Waals surface area (Å²) in [6, 6.07) is 6.53. The van der Waals surface area contributed by atoms with Crippen LogP contribution in [0, 0.1) is 17.8 Å². The summed E-state index contributed by atoms with van der Waals surface area (Å²) in [6.07, 6.45) is 4.37. The zero-order valence-electron chi connectivity index (χ0n) is 15.9. The predicted octanol–water partition coefficient (Wildman–Crippen LogP) is 2.86. The molecule has 0 radical (unpaired) electrons. The lowest BCUT2D eigenvalue weighted by Gasteiger charge is -2.34. The molecule has 5 atom stereocenters. The van der Waals surface area contributed by atoms with Gasteiger partial charge >= 0.3 is 0 Å². The first kappa shape index (κ1) is 18.9. The average Bonchev–Trinajstić information content (AvgIpc) is 3.25. The van der Waals surface area contributed by atoms with Crippen molar-refractivity contribution < 1.29 is 17.9 Å². The molecule has 1 aromatic rings. The van der Waals surface area contributed by atoms with Crippen LogP contribution in [-0.2, 0) is 19.6 Å². The van der Waals surface area contributed by atoms with Gasteiger partial charge in [-0.25, -0.2) is 8.42 Å². The lowest BCUT2D eigenvalue weighted by Crippen LogP contribution is -2.48. The number of nitrogens with zero attached hydrogens (tertiary/aromatic N) is 1. The summed E-state index contributed by atoms with van der Waals surface area (Å²) in [5.74, 6) is 1.44. The molecule has 0 aromatic heterocycles. The van der Waals surface area contributed by atoms with Crippen LogP contribution < -0.4 is 5.32 Å². The zero-order valence-corrected chi connectivity index (χ0v) is 16.7. The molecule has 2 saturated carbocycles. The Balaban J connectivity index is 1.43. The standard InChI is InChI=1S/C20H28N2O4S/c1-13-11-22(12-14(2)26-13)27(24,25)18-7-5-17(6-8-18)21-20(23)19-10-15-3-4-16(19)9-15/h5-8,13-16,19H,3-4,9-12H2,1-2H3,(H,21,23)/t13-,14+,15-,16-,19+/m0/s1. The minimum atomic E-state index is -3.56. The van der Waals surface area contributed by atoms with Crippen LogP contribution >= 0.6 is 0 Å². The van der Waals surface area contributed by atoms with Crippen LogP contribution in [0.5, 0.6) is 0 Å². The highest BCUT2D eigenvalue weighted by Crippen LogP contribution is 2.48. The van der Waals surface area contributed by atoms with E-state index in [0.717, 1.165) is 18.8 Å². The molecule has 4 rings (SSSR count). The van der Waals surface area contributed by atoms with Gasteiger partial charge in [0.25, 0.3) is 0 Å². The van der Waals surface area contributed by atoms with Crippen molar-refractivity contribution in [2.45, 2.75) is 56.6 Å². The molecule has 27 heavy (non-hydrogen) atoms. The quantitative estimate of drug-likeness (QED) is 0.855. The van der Waals surface area contributed by atoms with Crippen molar-refractivity contribution in [3.8, 4) is 0 Å². The molecule has 148 valence electrons. The second-order valence-electron chi connectivity index (χ2n) is 8.37. The molecule has 1 N–H and O–H groups in total. The summed E-state index contributed by atoms with van der Waals surface area (Å²) in [4.78, 5) is 12.8. The first-order valence-corrected chi connectivity index (χ1v) is 11.3. The number of amides is 1.